The van der Waals surface area contributed by atoms with Crippen LogP contribution >= 0.6 is 11.6 Å². The van der Waals surface area contributed by atoms with Crippen molar-refractivity contribution in [2.24, 2.45) is 5.92 Å². The van der Waals surface area contributed by atoms with Crippen molar-refractivity contribution in [2.45, 2.75) is 18.7 Å². The van der Waals surface area contributed by atoms with E-state index in [2.05, 4.69) is 38.9 Å². The van der Waals surface area contributed by atoms with Gasteiger partial charge in [0, 0.05) is 6.54 Å². The van der Waals surface area contributed by atoms with Gasteiger partial charge < -0.3 is 9.64 Å². The maximum absolute atomic E-state index is 6.70. The highest BCUT2D eigenvalue weighted by atomic mass is 35.5. The SMILES string of the molecule is COc1cccc([C@](C)(Cl)C(C)CN(C)C)c1. The van der Waals surface area contributed by atoms with E-state index in [0.717, 1.165) is 17.9 Å². The van der Waals surface area contributed by atoms with Crippen molar-refractivity contribution in [1.29, 1.82) is 0 Å². The molecule has 1 aromatic rings. The summed E-state index contributed by atoms with van der Waals surface area (Å²) >= 11 is 6.70. The van der Waals surface area contributed by atoms with Crippen molar-refractivity contribution in [2.75, 3.05) is 27.7 Å². The molecule has 1 aromatic carbocycles. The van der Waals surface area contributed by atoms with E-state index in [-0.39, 0.29) is 4.87 Å². The first-order valence-corrected chi connectivity index (χ1v) is 6.24. The van der Waals surface area contributed by atoms with Gasteiger partial charge in [0.1, 0.15) is 5.75 Å². The molecule has 0 aromatic heterocycles. The van der Waals surface area contributed by atoms with Crippen molar-refractivity contribution in [3.63, 3.8) is 0 Å². The molecule has 96 valence electrons. The van der Waals surface area contributed by atoms with Gasteiger partial charge in [0.25, 0.3) is 0 Å². The largest absolute Gasteiger partial charge is 0.497 e. The van der Waals surface area contributed by atoms with Gasteiger partial charge in [0.05, 0.1) is 12.0 Å². The topological polar surface area (TPSA) is 12.5 Å². The quantitative estimate of drug-likeness (QED) is 0.749. The maximum atomic E-state index is 6.70. The molecular weight excluding hydrogens is 234 g/mol. The van der Waals surface area contributed by atoms with E-state index < -0.39 is 0 Å². The molecule has 0 bridgehead atoms. The Morgan fingerprint density at radius 3 is 2.59 bits per heavy atom. The molecule has 3 heteroatoms. The average Bonchev–Trinajstić information content (AvgIpc) is 2.28. The monoisotopic (exact) mass is 255 g/mol. The molecule has 2 nitrogen and oxygen atoms in total. The highest BCUT2D eigenvalue weighted by Gasteiger charge is 2.31. The summed E-state index contributed by atoms with van der Waals surface area (Å²) in [4.78, 5) is 1.78. The molecule has 0 heterocycles. The molecule has 0 radical (unpaired) electrons. The number of rotatable bonds is 5. The first kappa shape index (κ1) is 14.3. The second-order valence-electron chi connectivity index (χ2n) is 4.97. The molecular formula is C14H22ClNO. The highest BCUT2D eigenvalue weighted by Crippen LogP contribution is 2.37. The minimum absolute atomic E-state index is 0.353. The Balaban J connectivity index is 2.94. The zero-order valence-electron chi connectivity index (χ0n) is 11.3. The van der Waals surface area contributed by atoms with Crippen molar-refractivity contribution >= 4 is 11.6 Å². The molecule has 0 aliphatic rings. The third-order valence-corrected chi connectivity index (χ3v) is 3.79. The van der Waals surface area contributed by atoms with Crippen LogP contribution in [-0.2, 0) is 4.87 Å². The Morgan fingerprint density at radius 2 is 2.06 bits per heavy atom. The Bertz CT molecular complexity index is 363. The van der Waals surface area contributed by atoms with Crippen LogP contribution in [0.5, 0.6) is 5.75 Å². The molecule has 0 saturated carbocycles. The van der Waals surface area contributed by atoms with Gasteiger partial charge in [-0.05, 0) is 44.6 Å². The summed E-state index contributed by atoms with van der Waals surface area (Å²) in [6.45, 7) is 5.20. The molecule has 1 unspecified atom stereocenters. The van der Waals surface area contributed by atoms with E-state index in [1.807, 2.05) is 18.2 Å². The molecule has 0 aliphatic carbocycles. The van der Waals surface area contributed by atoms with Crippen molar-refractivity contribution in [1.82, 2.24) is 4.90 Å². The summed E-state index contributed by atoms with van der Waals surface area (Å²) in [6.07, 6.45) is 0. The molecule has 0 spiro atoms. The van der Waals surface area contributed by atoms with Crippen LogP contribution in [0.1, 0.15) is 19.4 Å². The van der Waals surface area contributed by atoms with Gasteiger partial charge >= 0.3 is 0 Å². The lowest BCUT2D eigenvalue weighted by Crippen LogP contribution is -2.32. The Hall–Kier alpha value is -0.730. The molecule has 2 atom stereocenters. The normalized spacial score (nSPS) is 16.6. The molecule has 0 aliphatic heterocycles. The zero-order valence-corrected chi connectivity index (χ0v) is 12.1. The fourth-order valence-corrected chi connectivity index (χ4v) is 2.12. The Morgan fingerprint density at radius 1 is 1.41 bits per heavy atom. The lowest BCUT2D eigenvalue weighted by molar-refractivity contribution is 0.293. The van der Waals surface area contributed by atoms with E-state index in [9.17, 15) is 0 Å². The predicted molar refractivity (Wildman–Crippen MR) is 73.9 cm³/mol. The summed E-state index contributed by atoms with van der Waals surface area (Å²) in [7, 11) is 5.80. The van der Waals surface area contributed by atoms with E-state index in [0.29, 0.717) is 5.92 Å². The van der Waals surface area contributed by atoms with E-state index in [4.69, 9.17) is 16.3 Å². The van der Waals surface area contributed by atoms with E-state index >= 15 is 0 Å². The van der Waals surface area contributed by atoms with Crippen LogP contribution in [0.2, 0.25) is 0 Å². The standard InChI is InChI=1S/C14H22ClNO/c1-11(10-16(3)4)14(2,15)12-7-6-8-13(9-12)17-5/h6-9,11H,10H2,1-5H3/t11?,14-/m1/s1. The Kier molecular flexibility index (Phi) is 4.84. The molecule has 0 amide bonds. The Labute approximate surface area is 110 Å². The van der Waals surface area contributed by atoms with Gasteiger partial charge in [0.2, 0.25) is 0 Å². The van der Waals surface area contributed by atoms with Crippen LogP contribution in [-0.4, -0.2) is 32.6 Å². The van der Waals surface area contributed by atoms with Crippen LogP contribution in [0.15, 0.2) is 24.3 Å². The van der Waals surface area contributed by atoms with Crippen LogP contribution in [0.25, 0.3) is 0 Å². The summed E-state index contributed by atoms with van der Waals surface area (Å²) in [5.41, 5.74) is 1.10. The summed E-state index contributed by atoms with van der Waals surface area (Å²) in [5.74, 6) is 1.21. The molecule has 1 rings (SSSR count). The second-order valence-corrected chi connectivity index (χ2v) is 5.76. The summed E-state index contributed by atoms with van der Waals surface area (Å²) in [5, 5.41) is 0. The van der Waals surface area contributed by atoms with E-state index in [1.54, 1.807) is 7.11 Å². The fourth-order valence-electron chi connectivity index (χ4n) is 1.93. The average molecular weight is 256 g/mol. The molecule has 17 heavy (non-hydrogen) atoms. The van der Waals surface area contributed by atoms with Gasteiger partial charge in [0.15, 0.2) is 0 Å². The molecule has 0 saturated heterocycles. The number of hydrogen-bond donors (Lipinski definition) is 0. The predicted octanol–water partition coefficient (Wildman–Crippen LogP) is 3.35. The van der Waals surface area contributed by atoms with Crippen molar-refractivity contribution in [3.8, 4) is 5.75 Å². The van der Waals surface area contributed by atoms with E-state index in [1.165, 1.54) is 0 Å². The third kappa shape index (κ3) is 3.62. The number of ether oxygens (including phenoxy) is 1. The fraction of sp³-hybridized carbons (Fsp3) is 0.571. The van der Waals surface area contributed by atoms with Gasteiger partial charge in [-0.1, -0.05) is 19.1 Å². The first-order chi connectivity index (χ1) is 7.87. The molecule has 0 fully saturated rings. The number of benzene rings is 1. The minimum Gasteiger partial charge on any atom is -0.497 e. The number of methoxy groups -OCH3 is 1. The van der Waals surface area contributed by atoms with Crippen LogP contribution < -0.4 is 4.74 Å². The molecule has 0 N–H and O–H groups in total. The van der Waals surface area contributed by atoms with Crippen LogP contribution in [0.3, 0.4) is 0 Å². The van der Waals surface area contributed by atoms with Gasteiger partial charge in [-0.3, -0.25) is 0 Å². The number of nitrogens with zero attached hydrogens (tertiary/aromatic N) is 1. The van der Waals surface area contributed by atoms with Crippen LogP contribution in [0, 0.1) is 5.92 Å². The maximum Gasteiger partial charge on any atom is 0.119 e. The van der Waals surface area contributed by atoms with Crippen molar-refractivity contribution in [3.05, 3.63) is 29.8 Å². The number of hydrogen-bond acceptors (Lipinski definition) is 2. The lowest BCUT2D eigenvalue weighted by Gasteiger charge is -2.32. The van der Waals surface area contributed by atoms with Gasteiger partial charge in [-0.15, -0.1) is 11.6 Å². The first-order valence-electron chi connectivity index (χ1n) is 5.86. The lowest BCUT2D eigenvalue weighted by atomic mass is 9.87. The van der Waals surface area contributed by atoms with Gasteiger partial charge in [-0.2, -0.15) is 0 Å². The minimum atomic E-state index is -0.376. The summed E-state index contributed by atoms with van der Waals surface area (Å²) in [6, 6.07) is 7.99. The number of alkyl halides is 1. The smallest absolute Gasteiger partial charge is 0.119 e. The summed E-state index contributed by atoms with van der Waals surface area (Å²) < 4.78 is 5.24. The van der Waals surface area contributed by atoms with Crippen molar-refractivity contribution < 1.29 is 4.74 Å². The van der Waals surface area contributed by atoms with Gasteiger partial charge in [-0.25, -0.2) is 0 Å². The number of halogens is 1. The van der Waals surface area contributed by atoms with Crippen LogP contribution in [0.4, 0.5) is 0 Å². The third-order valence-electron chi connectivity index (χ3n) is 3.20. The second kappa shape index (κ2) is 5.74. The highest BCUT2D eigenvalue weighted by molar-refractivity contribution is 6.24. The zero-order chi connectivity index (χ0) is 13.1.